The van der Waals surface area contributed by atoms with E-state index in [1.807, 2.05) is 0 Å². The Balaban J connectivity index is 3.85. The summed E-state index contributed by atoms with van der Waals surface area (Å²) in [6.45, 7) is 2.47. The summed E-state index contributed by atoms with van der Waals surface area (Å²) >= 11 is 0. The van der Waals surface area contributed by atoms with E-state index in [1.54, 1.807) is 0 Å². The minimum atomic E-state index is -0.189. The van der Waals surface area contributed by atoms with Gasteiger partial charge in [-0.05, 0) is 13.8 Å². The Hall–Kier alpha value is -1.26. The summed E-state index contributed by atoms with van der Waals surface area (Å²) in [5, 5.41) is 3.40. The van der Waals surface area contributed by atoms with E-state index in [2.05, 4.69) is 5.29 Å². The van der Waals surface area contributed by atoms with Crippen molar-refractivity contribution in [2.24, 2.45) is 5.29 Å². The number of rotatable bonds is 5. The molecule has 0 amide bonds. The van der Waals surface area contributed by atoms with Crippen LogP contribution in [0.4, 0.5) is 0 Å². The van der Waals surface area contributed by atoms with Crippen molar-refractivity contribution in [1.29, 1.82) is 0 Å². The molecule has 0 aromatic carbocycles. The lowest BCUT2D eigenvalue weighted by atomic mass is 10.4. The van der Waals surface area contributed by atoms with Crippen LogP contribution in [0.3, 0.4) is 0 Å². The van der Waals surface area contributed by atoms with Crippen molar-refractivity contribution in [1.82, 2.24) is 5.01 Å². The lowest BCUT2D eigenvalue weighted by Crippen LogP contribution is -2.27. The molecule has 0 atom stereocenters. The second-order valence-corrected chi connectivity index (χ2v) is 2.31. The standard InChI is InChI=1S/C6H10N2O3/c1-5(9)3-8(7-11)4-6(2)10/h3-4H2,1-2H3. The van der Waals surface area contributed by atoms with Crippen LogP contribution < -0.4 is 0 Å². The maximum atomic E-state index is 10.4. The Morgan fingerprint density at radius 1 is 1.18 bits per heavy atom. The van der Waals surface area contributed by atoms with Crippen LogP contribution in [0.1, 0.15) is 13.8 Å². The average Bonchev–Trinajstić information content (AvgIpc) is 1.84. The first-order valence-electron chi connectivity index (χ1n) is 3.13. The molecular formula is C6H10N2O3. The molecular weight excluding hydrogens is 148 g/mol. The molecule has 0 saturated carbocycles. The van der Waals surface area contributed by atoms with E-state index < -0.39 is 0 Å². The van der Waals surface area contributed by atoms with Crippen LogP contribution in [0.5, 0.6) is 0 Å². The molecule has 0 fully saturated rings. The van der Waals surface area contributed by atoms with E-state index in [1.165, 1.54) is 13.8 Å². The van der Waals surface area contributed by atoms with Gasteiger partial charge in [0, 0.05) is 0 Å². The summed E-state index contributed by atoms with van der Waals surface area (Å²) in [4.78, 5) is 30.8. The highest BCUT2D eigenvalue weighted by atomic mass is 16.3. The summed E-state index contributed by atoms with van der Waals surface area (Å²) in [6.07, 6.45) is 0. The first-order valence-corrected chi connectivity index (χ1v) is 3.13. The zero-order valence-electron chi connectivity index (χ0n) is 6.53. The Labute approximate surface area is 64.3 Å². The average molecular weight is 158 g/mol. The third kappa shape index (κ3) is 5.20. The maximum absolute atomic E-state index is 10.4. The van der Waals surface area contributed by atoms with Gasteiger partial charge in [-0.1, -0.05) is 0 Å². The first kappa shape index (κ1) is 9.74. The van der Waals surface area contributed by atoms with Crippen molar-refractivity contribution >= 4 is 11.6 Å². The van der Waals surface area contributed by atoms with Crippen LogP contribution in [-0.2, 0) is 9.59 Å². The van der Waals surface area contributed by atoms with Crippen LogP contribution in [0, 0.1) is 4.91 Å². The van der Waals surface area contributed by atoms with Crippen LogP contribution in [0.15, 0.2) is 5.29 Å². The Morgan fingerprint density at radius 2 is 1.55 bits per heavy atom. The molecule has 0 rings (SSSR count). The van der Waals surface area contributed by atoms with Crippen molar-refractivity contribution in [3.8, 4) is 0 Å². The molecule has 5 heteroatoms. The lowest BCUT2D eigenvalue weighted by molar-refractivity contribution is -0.120. The fraction of sp³-hybridized carbons (Fsp3) is 0.667. The van der Waals surface area contributed by atoms with Gasteiger partial charge in [0.1, 0.15) is 0 Å². The monoisotopic (exact) mass is 158 g/mol. The summed E-state index contributed by atoms with van der Waals surface area (Å²) in [5.74, 6) is -0.378. The van der Waals surface area contributed by atoms with Gasteiger partial charge >= 0.3 is 0 Å². The first-order chi connectivity index (χ1) is 5.06. The van der Waals surface area contributed by atoms with Gasteiger partial charge in [-0.3, -0.25) is 9.59 Å². The van der Waals surface area contributed by atoms with Crippen molar-refractivity contribution in [2.75, 3.05) is 13.1 Å². The lowest BCUT2D eigenvalue weighted by Gasteiger charge is -2.09. The predicted octanol–water partition coefficient (Wildman–Crippen LogP) is 0.148. The van der Waals surface area contributed by atoms with Gasteiger partial charge in [-0.15, -0.1) is 4.91 Å². The molecule has 0 aromatic rings. The molecule has 0 bridgehead atoms. The number of hydrogen-bond acceptors (Lipinski definition) is 4. The highest BCUT2D eigenvalue weighted by molar-refractivity contribution is 5.80. The quantitative estimate of drug-likeness (QED) is 0.422. The molecule has 0 unspecified atom stereocenters. The Kier molecular flexibility index (Phi) is 4.02. The van der Waals surface area contributed by atoms with Gasteiger partial charge in [0.15, 0.2) is 11.6 Å². The highest BCUT2D eigenvalue weighted by Gasteiger charge is 2.07. The molecule has 0 heterocycles. The zero-order chi connectivity index (χ0) is 8.85. The second-order valence-electron chi connectivity index (χ2n) is 2.31. The molecule has 11 heavy (non-hydrogen) atoms. The largest absolute Gasteiger partial charge is 0.298 e. The van der Waals surface area contributed by atoms with E-state index in [0.29, 0.717) is 0 Å². The number of hydrogen-bond donors (Lipinski definition) is 0. The van der Waals surface area contributed by atoms with Gasteiger partial charge in [0.2, 0.25) is 0 Å². The van der Waals surface area contributed by atoms with Crippen molar-refractivity contribution in [3.05, 3.63) is 4.91 Å². The van der Waals surface area contributed by atoms with Crippen LogP contribution in [0.2, 0.25) is 0 Å². The highest BCUT2D eigenvalue weighted by Crippen LogP contribution is 1.89. The number of carbonyl (C=O) groups is 2. The molecule has 0 aromatic heterocycles. The van der Waals surface area contributed by atoms with E-state index in [9.17, 15) is 14.5 Å². The molecule has 62 valence electrons. The van der Waals surface area contributed by atoms with Crippen molar-refractivity contribution in [2.45, 2.75) is 13.8 Å². The normalized spacial score (nSPS) is 8.91. The van der Waals surface area contributed by atoms with Gasteiger partial charge in [0.25, 0.3) is 0 Å². The topological polar surface area (TPSA) is 66.8 Å². The third-order valence-electron chi connectivity index (χ3n) is 0.926. The van der Waals surface area contributed by atoms with Crippen LogP contribution >= 0.6 is 0 Å². The van der Waals surface area contributed by atoms with E-state index in [-0.39, 0.29) is 24.7 Å². The molecule has 0 radical (unpaired) electrons. The fourth-order valence-electron chi connectivity index (χ4n) is 0.628. The number of Topliss-reactive ketones (excluding diaryl/α,β-unsaturated/α-hetero) is 2. The minimum absolute atomic E-state index is 0.0942. The van der Waals surface area contributed by atoms with E-state index in [0.717, 1.165) is 5.01 Å². The molecule has 0 spiro atoms. The van der Waals surface area contributed by atoms with Crippen LogP contribution in [0.25, 0.3) is 0 Å². The predicted molar refractivity (Wildman–Crippen MR) is 38.7 cm³/mol. The summed E-state index contributed by atoms with van der Waals surface area (Å²) in [6, 6.07) is 0. The van der Waals surface area contributed by atoms with Crippen molar-refractivity contribution < 1.29 is 9.59 Å². The second kappa shape index (κ2) is 4.54. The maximum Gasteiger partial charge on any atom is 0.150 e. The van der Waals surface area contributed by atoms with Gasteiger partial charge in [-0.2, -0.15) is 0 Å². The molecule has 0 aliphatic rings. The Bertz CT molecular complexity index is 163. The van der Waals surface area contributed by atoms with Gasteiger partial charge in [0.05, 0.1) is 18.4 Å². The van der Waals surface area contributed by atoms with Crippen LogP contribution in [-0.4, -0.2) is 29.7 Å². The van der Waals surface area contributed by atoms with Crippen molar-refractivity contribution in [3.63, 3.8) is 0 Å². The number of ketones is 2. The summed E-state index contributed by atoms with van der Waals surface area (Å²) in [5.41, 5.74) is 0. The third-order valence-corrected chi connectivity index (χ3v) is 0.926. The van der Waals surface area contributed by atoms with Gasteiger partial charge < -0.3 is 0 Å². The number of nitroso groups, excluding NO2 is 1. The molecule has 5 nitrogen and oxygen atoms in total. The molecule has 0 saturated heterocycles. The zero-order valence-corrected chi connectivity index (χ0v) is 6.53. The SMILES string of the molecule is CC(=O)CN(CC(C)=O)N=O. The van der Waals surface area contributed by atoms with E-state index >= 15 is 0 Å². The summed E-state index contributed by atoms with van der Waals surface area (Å²) in [7, 11) is 0. The smallest absolute Gasteiger partial charge is 0.150 e. The number of carbonyl (C=O) groups excluding carboxylic acids is 2. The number of nitrogens with zero attached hydrogens (tertiary/aromatic N) is 2. The fourth-order valence-corrected chi connectivity index (χ4v) is 0.628. The molecule has 0 aliphatic carbocycles. The summed E-state index contributed by atoms with van der Waals surface area (Å²) < 4.78 is 0. The van der Waals surface area contributed by atoms with Gasteiger partial charge in [-0.25, -0.2) is 5.01 Å². The van der Waals surface area contributed by atoms with E-state index in [4.69, 9.17) is 0 Å². The minimum Gasteiger partial charge on any atom is -0.298 e. The Morgan fingerprint density at radius 3 is 1.73 bits per heavy atom. The molecule has 0 N–H and O–H groups in total. The molecule has 0 aliphatic heterocycles.